The van der Waals surface area contributed by atoms with Gasteiger partial charge < -0.3 is 10.1 Å². The molecule has 1 saturated carbocycles. The second-order valence-corrected chi connectivity index (χ2v) is 5.54. The van der Waals surface area contributed by atoms with E-state index in [4.69, 9.17) is 4.74 Å². The minimum absolute atomic E-state index is 0.0645. The molecule has 100 valence electrons. The van der Waals surface area contributed by atoms with Crippen LogP contribution in [0.15, 0.2) is 23.4 Å². The van der Waals surface area contributed by atoms with Gasteiger partial charge in [0.1, 0.15) is 0 Å². The summed E-state index contributed by atoms with van der Waals surface area (Å²) >= 11 is 0. The van der Waals surface area contributed by atoms with E-state index in [1.807, 2.05) is 0 Å². The Hall–Kier alpha value is -1.25. The first-order chi connectivity index (χ1) is 8.61. The summed E-state index contributed by atoms with van der Waals surface area (Å²) in [7, 11) is 1.46. The van der Waals surface area contributed by atoms with Gasteiger partial charge in [-0.25, -0.2) is 0 Å². The van der Waals surface area contributed by atoms with Gasteiger partial charge in [0, 0.05) is 11.7 Å². The second kappa shape index (κ2) is 5.59. The Balaban J connectivity index is 1.86. The number of nitrogens with one attached hydrogen (secondary N) is 1. The van der Waals surface area contributed by atoms with Crippen molar-refractivity contribution < 1.29 is 9.53 Å². The van der Waals surface area contributed by atoms with Crippen molar-refractivity contribution in [1.82, 2.24) is 5.32 Å². The molecule has 0 aromatic heterocycles. The molecule has 3 nitrogen and oxygen atoms in total. The lowest BCUT2D eigenvalue weighted by Crippen LogP contribution is -2.44. The van der Waals surface area contributed by atoms with E-state index in [1.54, 1.807) is 0 Å². The molecule has 2 aliphatic carbocycles. The zero-order valence-electron chi connectivity index (χ0n) is 11.5. The van der Waals surface area contributed by atoms with Crippen LogP contribution in [0.5, 0.6) is 0 Å². The molecule has 0 aromatic carbocycles. The highest BCUT2D eigenvalue weighted by atomic mass is 16.5. The smallest absolute Gasteiger partial charge is 0.308 e. The van der Waals surface area contributed by atoms with Crippen molar-refractivity contribution in [2.75, 3.05) is 7.11 Å². The van der Waals surface area contributed by atoms with Crippen molar-refractivity contribution in [2.24, 2.45) is 11.8 Å². The van der Waals surface area contributed by atoms with Crippen LogP contribution in [0.25, 0.3) is 0 Å². The molecule has 0 atom stereocenters. The van der Waals surface area contributed by atoms with Crippen molar-refractivity contribution in [3.63, 3.8) is 0 Å². The topological polar surface area (TPSA) is 38.3 Å². The average Bonchev–Trinajstić information content (AvgIpc) is 2.32. The predicted octanol–water partition coefficient (Wildman–Crippen LogP) is 2.79. The second-order valence-electron chi connectivity index (χ2n) is 5.54. The Morgan fingerprint density at radius 3 is 2.61 bits per heavy atom. The number of ether oxygens (including phenoxy) is 1. The molecule has 18 heavy (non-hydrogen) atoms. The van der Waals surface area contributed by atoms with Gasteiger partial charge >= 0.3 is 5.97 Å². The fourth-order valence-electron chi connectivity index (χ4n) is 2.70. The Labute approximate surface area is 109 Å². The predicted molar refractivity (Wildman–Crippen MR) is 71.9 cm³/mol. The summed E-state index contributed by atoms with van der Waals surface area (Å²) in [6.45, 7) is 4.45. The van der Waals surface area contributed by atoms with Crippen LogP contribution in [0, 0.1) is 11.8 Å². The van der Waals surface area contributed by atoms with Crippen molar-refractivity contribution in [3.05, 3.63) is 23.4 Å². The summed E-state index contributed by atoms with van der Waals surface area (Å²) in [5, 5.41) is 3.58. The molecule has 0 radical (unpaired) electrons. The molecule has 0 heterocycles. The first-order valence-corrected chi connectivity index (χ1v) is 6.86. The summed E-state index contributed by atoms with van der Waals surface area (Å²) < 4.78 is 4.76. The third-order valence-electron chi connectivity index (χ3n) is 3.84. The summed E-state index contributed by atoms with van der Waals surface area (Å²) in [6, 6.07) is 0.431. The Morgan fingerprint density at radius 1 is 1.33 bits per heavy atom. The number of rotatable bonds is 4. The van der Waals surface area contributed by atoms with Crippen molar-refractivity contribution in [1.29, 1.82) is 0 Å². The van der Waals surface area contributed by atoms with E-state index in [0.717, 1.165) is 25.7 Å². The molecule has 0 aliphatic heterocycles. The molecule has 3 heteroatoms. The van der Waals surface area contributed by atoms with Crippen molar-refractivity contribution in [3.8, 4) is 0 Å². The summed E-state index contributed by atoms with van der Waals surface area (Å²) in [5.41, 5.74) is 2.70. The number of allylic oxidation sites excluding steroid dienone is 3. The molecular formula is C15H23NO2. The van der Waals surface area contributed by atoms with Gasteiger partial charge in [-0.2, -0.15) is 0 Å². The highest BCUT2D eigenvalue weighted by Crippen LogP contribution is 2.31. The number of carbonyl (C=O) groups excluding carboxylic acids is 1. The van der Waals surface area contributed by atoms with E-state index < -0.39 is 0 Å². The van der Waals surface area contributed by atoms with Gasteiger partial charge in [-0.05, 0) is 37.2 Å². The van der Waals surface area contributed by atoms with Gasteiger partial charge in [-0.3, -0.25) is 4.79 Å². The first kappa shape index (κ1) is 13.2. The van der Waals surface area contributed by atoms with E-state index in [1.165, 1.54) is 18.4 Å². The van der Waals surface area contributed by atoms with Crippen molar-refractivity contribution in [2.45, 2.75) is 45.6 Å². The van der Waals surface area contributed by atoms with Gasteiger partial charge in [0.05, 0.1) is 13.0 Å². The van der Waals surface area contributed by atoms with Crippen LogP contribution in [0.2, 0.25) is 0 Å². The summed E-state index contributed by atoms with van der Waals surface area (Å²) in [5.74, 6) is 0.592. The quantitative estimate of drug-likeness (QED) is 0.779. The van der Waals surface area contributed by atoms with Crippen LogP contribution >= 0.6 is 0 Å². The van der Waals surface area contributed by atoms with Crippen LogP contribution in [0.4, 0.5) is 0 Å². The normalized spacial score (nSPS) is 27.1. The maximum absolute atomic E-state index is 11.3. The highest BCUT2D eigenvalue weighted by Gasteiger charge is 2.35. The molecule has 1 fully saturated rings. The zero-order chi connectivity index (χ0) is 13.1. The number of carbonyl (C=O) groups is 1. The maximum atomic E-state index is 11.3. The zero-order valence-corrected chi connectivity index (χ0v) is 11.5. The molecule has 2 aliphatic rings. The minimum Gasteiger partial charge on any atom is -0.469 e. The van der Waals surface area contributed by atoms with Gasteiger partial charge in [-0.15, -0.1) is 0 Å². The largest absolute Gasteiger partial charge is 0.469 e. The molecule has 1 N–H and O–H groups in total. The molecule has 0 saturated heterocycles. The molecule has 0 amide bonds. The van der Waals surface area contributed by atoms with E-state index in [2.05, 4.69) is 31.3 Å². The number of hydrogen-bond donors (Lipinski definition) is 1. The third kappa shape index (κ3) is 2.77. The standard InChI is InChI=1S/C15H23NO2/c1-10(2)13-6-4-5-7-14(13)16-12-8-11(9-12)15(17)18-3/h6-7,10-12,16H,4-5,8-9H2,1-3H3. The Kier molecular flexibility index (Phi) is 4.10. The first-order valence-electron chi connectivity index (χ1n) is 6.86. The third-order valence-corrected chi connectivity index (χ3v) is 3.84. The number of esters is 1. The number of hydrogen-bond acceptors (Lipinski definition) is 3. The van der Waals surface area contributed by atoms with Crippen molar-refractivity contribution >= 4 is 5.97 Å². The van der Waals surface area contributed by atoms with Gasteiger partial charge in [0.25, 0.3) is 0 Å². The molecule has 0 spiro atoms. The van der Waals surface area contributed by atoms with Crippen LogP contribution in [0.1, 0.15) is 39.5 Å². The lowest BCUT2D eigenvalue weighted by molar-refractivity contribution is -0.149. The van der Waals surface area contributed by atoms with E-state index >= 15 is 0 Å². The highest BCUT2D eigenvalue weighted by molar-refractivity contribution is 5.73. The summed E-state index contributed by atoms with van der Waals surface area (Å²) in [4.78, 5) is 11.3. The summed E-state index contributed by atoms with van der Waals surface area (Å²) in [6.07, 6.45) is 8.69. The van der Waals surface area contributed by atoms with Gasteiger partial charge in [-0.1, -0.05) is 26.0 Å². The monoisotopic (exact) mass is 249 g/mol. The Bertz CT molecular complexity index is 376. The minimum atomic E-state index is -0.0645. The van der Waals surface area contributed by atoms with Crippen LogP contribution in [-0.2, 0) is 9.53 Å². The van der Waals surface area contributed by atoms with Crippen LogP contribution < -0.4 is 5.32 Å². The molecule has 2 rings (SSSR count). The van der Waals surface area contributed by atoms with Crippen LogP contribution in [0.3, 0.4) is 0 Å². The Morgan fingerprint density at radius 2 is 2.00 bits per heavy atom. The SMILES string of the molecule is COC(=O)C1CC(NC2=CCCC=C2C(C)C)C1. The molecule has 0 unspecified atom stereocenters. The lowest BCUT2D eigenvalue weighted by Gasteiger charge is -2.36. The van der Waals surface area contributed by atoms with Gasteiger partial charge in [0.2, 0.25) is 0 Å². The fraction of sp³-hybridized carbons (Fsp3) is 0.667. The molecular weight excluding hydrogens is 226 g/mol. The number of methoxy groups -OCH3 is 1. The van der Waals surface area contributed by atoms with E-state index in [0.29, 0.717) is 12.0 Å². The van der Waals surface area contributed by atoms with Crippen LogP contribution in [-0.4, -0.2) is 19.1 Å². The van der Waals surface area contributed by atoms with E-state index in [-0.39, 0.29) is 11.9 Å². The fourth-order valence-corrected chi connectivity index (χ4v) is 2.70. The van der Waals surface area contributed by atoms with Gasteiger partial charge in [0.15, 0.2) is 0 Å². The molecule has 0 bridgehead atoms. The van der Waals surface area contributed by atoms with E-state index in [9.17, 15) is 4.79 Å². The average molecular weight is 249 g/mol. The molecule has 0 aromatic rings. The lowest BCUT2D eigenvalue weighted by atomic mass is 9.79. The maximum Gasteiger partial charge on any atom is 0.308 e.